The molecular formula is C18H28N2O4S. The Bertz CT molecular complexity index is 665. The van der Waals surface area contributed by atoms with E-state index in [1.54, 1.807) is 12.1 Å². The maximum Gasteiger partial charge on any atom is 0.241 e. The summed E-state index contributed by atoms with van der Waals surface area (Å²) in [7, 11) is -2.25. The fourth-order valence-electron chi connectivity index (χ4n) is 3.06. The third-order valence-electron chi connectivity index (χ3n) is 4.39. The largest absolute Gasteiger partial charge is 0.497 e. The van der Waals surface area contributed by atoms with Gasteiger partial charge in [0.25, 0.3) is 0 Å². The van der Waals surface area contributed by atoms with Crippen molar-refractivity contribution in [1.29, 1.82) is 0 Å². The molecule has 140 valence electrons. The van der Waals surface area contributed by atoms with Gasteiger partial charge in [-0.3, -0.25) is 4.79 Å². The summed E-state index contributed by atoms with van der Waals surface area (Å²) in [4.78, 5) is 12.7. The highest BCUT2D eigenvalue weighted by Gasteiger charge is 2.28. The molecule has 1 atom stereocenters. The van der Waals surface area contributed by atoms with E-state index in [4.69, 9.17) is 4.74 Å². The average molecular weight is 368 g/mol. The first-order chi connectivity index (χ1) is 11.8. The molecule has 2 rings (SSSR count). The lowest BCUT2D eigenvalue weighted by molar-refractivity contribution is -0.123. The lowest BCUT2D eigenvalue weighted by Gasteiger charge is -2.22. The monoisotopic (exact) mass is 368 g/mol. The van der Waals surface area contributed by atoms with Crippen LogP contribution in [0, 0.1) is 5.92 Å². The first-order valence-electron chi connectivity index (χ1n) is 8.78. The lowest BCUT2D eigenvalue weighted by atomic mass is 10.0. The van der Waals surface area contributed by atoms with Gasteiger partial charge in [-0.1, -0.05) is 26.7 Å². The fraction of sp³-hybridized carbons (Fsp3) is 0.611. The summed E-state index contributed by atoms with van der Waals surface area (Å²) in [6, 6.07) is 5.51. The summed E-state index contributed by atoms with van der Waals surface area (Å²) in [5, 5.41) is 2.99. The molecule has 1 aromatic rings. The van der Waals surface area contributed by atoms with Crippen LogP contribution in [-0.4, -0.2) is 33.5 Å². The van der Waals surface area contributed by atoms with Crippen molar-refractivity contribution >= 4 is 15.9 Å². The molecule has 1 aromatic carbocycles. The van der Waals surface area contributed by atoms with Gasteiger partial charge in [0.2, 0.25) is 15.9 Å². The van der Waals surface area contributed by atoms with Crippen LogP contribution in [0.15, 0.2) is 29.2 Å². The summed E-state index contributed by atoms with van der Waals surface area (Å²) >= 11 is 0. The number of rotatable bonds is 8. The van der Waals surface area contributed by atoms with E-state index in [-0.39, 0.29) is 22.8 Å². The van der Waals surface area contributed by atoms with Crippen LogP contribution < -0.4 is 14.8 Å². The number of methoxy groups -OCH3 is 1. The SMILES string of the molecule is COc1ccc(S(=O)(=O)NC(CC(C)C)C(=O)NC2CCCC2)cc1. The number of hydrogen-bond donors (Lipinski definition) is 2. The Morgan fingerprint density at radius 1 is 1.20 bits per heavy atom. The van der Waals surface area contributed by atoms with Gasteiger partial charge in [-0.05, 0) is 49.4 Å². The lowest BCUT2D eigenvalue weighted by Crippen LogP contribution is -2.49. The molecule has 0 heterocycles. The fourth-order valence-corrected chi connectivity index (χ4v) is 4.27. The number of nitrogens with one attached hydrogen (secondary N) is 2. The number of carbonyl (C=O) groups excluding carboxylic acids is 1. The van der Waals surface area contributed by atoms with Gasteiger partial charge in [-0.2, -0.15) is 4.72 Å². The molecule has 0 saturated heterocycles. The van der Waals surface area contributed by atoms with Gasteiger partial charge in [0.05, 0.1) is 12.0 Å². The predicted octanol–water partition coefficient (Wildman–Crippen LogP) is 2.45. The standard InChI is InChI=1S/C18H28N2O4S/c1-13(2)12-17(18(21)19-14-6-4-5-7-14)20-25(22,23)16-10-8-15(24-3)9-11-16/h8-11,13-14,17,20H,4-7,12H2,1-3H3,(H,19,21). The highest BCUT2D eigenvalue weighted by molar-refractivity contribution is 7.89. The molecule has 2 N–H and O–H groups in total. The highest BCUT2D eigenvalue weighted by atomic mass is 32.2. The van der Waals surface area contributed by atoms with Crippen molar-refractivity contribution in [2.75, 3.05) is 7.11 Å². The van der Waals surface area contributed by atoms with Crippen molar-refractivity contribution in [2.45, 2.75) is 62.9 Å². The summed E-state index contributed by atoms with van der Waals surface area (Å²) in [5.74, 6) is 0.534. The van der Waals surface area contributed by atoms with E-state index in [0.29, 0.717) is 12.2 Å². The third kappa shape index (κ3) is 5.71. The minimum Gasteiger partial charge on any atom is -0.497 e. The van der Waals surface area contributed by atoms with Gasteiger partial charge in [0.1, 0.15) is 11.8 Å². The van der Waals surface area contributed by atoms with Gasteiger partial charge >= 0.3 is 0 Å². The van der Waals surface area contributed by atoms with Gasteiger partial charge < -0.3 is 10.1 Å². The number of carbonyl (C=O) groups is 1. The summed E-state index contributed by atoms with van der Waals surface area (Å²) in [6.07, 6.45) is 4.60. The molecule has 1 saturated carbocycles. The van der Waals surface area contributed by atoms with Crippen LogP contribution in [0.1, 0.15) is 46.0 Å². The molecule has 1 aliphatic carbocycles. The van der Waals surface area contributed by atoms with Crippen LogP contribution in [0.5, 0.6) is 5.75 Å². The third-order valence-corrected chi connectivity index (χ3v) is 5.88. The maximum absolute atomic E-state index is 12.6. The molecular weight excluding hydrogens is 340 g/mol. The Labute approximate surface area is 150 Å². The Hall–Kier alpha value is -1.60. The van der Waals surface area contributed by atoms with E-state index in [9.17, 15) is 13.2 Å². The smallest absolute Gasteiger partial charge is 0.241 e. The number of sulfonamides is 1. The molecule has 0 aliphatic heterocycles. The molecule has 1 aliphatic rings. The molecule has 0 radical (unpaired) electrons. The van der Waals surface area contributed by atoms with Crippen LogP contribution in [0.2, 0.25) is 0 Å². The molecule has 6 nitrogen and oxygen atoms in total. The Morgan fingerprint density at radius 2 is 1.80 bits per heavy atom. The molecule has 0 aromatic heterocycles. The second-order valence-electron chi connectivity index (χ2n) is 6.97. The molecule has 1 fully saturated rings. The number of hydrogen-bond acceptors (Lipinski definition) is 4. The molecule has 7 heteroatoms. The van der Waals surface area contributed by atoms with Crippen molar-refractivity contribution in [3.05, 3.63) is 24.3 Å². The second-order valence-corrected chi connectivity index (χ2v) is 8.68. The normalized spacial score (nSPS) is 16.8. The quantitative estimate of drug-likeness (QED) is 0.738. The zero-order valence-corrected chi connectivity index (χ0v) is 15.9. The molecule has 0 spiro atoms. The Kier molecular flexibility index (Phi) is 6.84. The number of ether oxygens (including phenoxy) is 1. The van der Waals surface area contributed by atoms with Crippen molar-refractivity contribution in [2.24, 2.45) is 5.92 Å². The summed E-state index contributed by atoms with van der Waals surface area (Å²) in [6.45, 7) is 3.94. The molecule has 25 heavy (non-hydrogen) atoms. The van der Waals surface area contributed by atoms with Crippen LogP contribution in [-0.2, 0) is 14.8 Å². The van der Waals surface area contributed by atoms with Crippen molar-refractivity contribution in [3.63, 3.8) is 0 Å². The van der Waals surface area contributed by atoms with Gasteiger partial charge in [0.15, 0.2) is 0 Å². The average Bonchev–Trinajstić information content (AvgIpc) is 3.06. The minimum absolute atomic E-state index is 0.121. The van der Waals surface area contributed by atoms with Crippen LogP contribution in [0.3, 0.4) is 0 Å². The first-order valence-corrected chi connectivity index (χ1v) is 10.3. The van der Waals surface area contributed by atoms with E-state index >= 15 is 0 Å². The van der Waals surface area contributed by atoms with E-state index in [0.717, 1.165) is 25.7 Å². The van der Waals surface area contributed by atoms with Crippen LogP contribution in [0.25, 0.3) is 0 Å². The Balaban J connectivity index is 2.11. The second kappa shape index (κ2) is 8.67. The predicted molar refractivity (Wildman–Crippen MR) is 97.0 cm³/mol. The van der Waals surface area contributed by atoms with Crippen LogP contribution in [0.4, 0.5) is 0 Å². The van der Waals surface area contributed by atoms with E-state index in [2.05, 4.69) is 10.0 Å². The topological polar surface area (TPSA) is 84.5 Å². The van der Waals surface area contributed by atoms with E-state index in [1.807, 2.05) is 13.8 Å². The minimum atomic E-state index is -3.78. The molecule has 1 amide bonds. The van der Waals surface area contributed by atoms with E-state index < -0.39 is 16.1 Å². The number of amides is 1. The highest BCUT2D eigenvalue weighted by Crippen LogP contribution is 2.19. The summed E-state index contributed by atoms with van der Waals surface area (Å²) in [5.41, 5.74) is 0. The van der Waals surface area contributed by atoms with Gasteiger partial charge in [-0.25, -0.2) is 8.42 Å². The zero-order valence-electron chi connectivity index (χ0n) is 15.1. The maximum atomic E-state index is 12.6. The van der Waals surface area contributed by atoms with Crippen molar-refractivity contribution < 1.29 is 17.9 Å². The number of benzene rings is 1. The molecule has 1 unspecified atom stereocenters. The summed E-state index contributed by atoms with van der Waals surface area (Å²) < 4.78 is 32.9. The van der Waals surface area contributed by atoms with Crippen LogP contribution >= 0.6 is 0 Å². The van der Waals surface area contributed by atoms with E-state index in [1.165, 1.54) is 19.2 Å². The van der Waals surface area contributed by atoms with Gasteiger partial charge in [0, 0.05) is 6.04 Å². The Morgan fingerprint density at radius 3 is 2.32 bits per heavy atom. The van der Waals surface area contributed by atoms with Gasteiger partial charge in [-0.15, -0.1) is 0 Å². The first kappa shape index (κ1) is 19.7. The van der Waals surface area contributed by atoms with Crippen molar-refractivity contribution in [3.8, 4) is 5.75 Å². The van der Waals surface area contributed by atoms with Crippen molar-refractivity contribution in [1.82, 2.24) is 10.0 Å². The zero-order chi connectivity index (χ0) is 18.4. The molecule has 0 bridgehead atoms.